The van der Waals surface area contributed by atoms with Gasteiger partial charge in [0.15, 0.2) is 0 Å². The van der Waals surface area contributed by atoms with E-state index in [9.17, 15) is 9.90 Å². The molecule has 162 valence electrons. The zero-order chi connectivity index (χ0) is 22.7. The van der Waals surface area contributed by atoms with Gasteiger partial charge in [0.2, 0.25) is 0 Å². The van der Waals surface area contributed by atoms with Crippen molar-refractivity contribution < 1.29 is 19.4 Å². The van der Waals surface area contributed by atoms with Crippen molar-refractivity contribution in [3.05, 3.63) is 94.8 Å². The fraction of sp³-hybridized carbons (Fsp3) is 0.120. The molecule has 0 unspecified atom stereocenters. The van der Waals surface area contributed by atoms with E-state index in [4.69, 9.17) is 21.1 Å². The first kappa shape index (κ1) is 21.5. The Labute approximate surface area is 190 Å². The first-order chi connectivity index (χ1) is 15.5. The first-order valence-electron chi connectivity index (χ1n) is 9.90. The molecule has 1 N–H and O–H groups in total. The van der Waals surface area contributed by atoms with E-state index in [0.717, 1.165) is 28.3 Å². The molecule has 0 radical (unpaired) electrons. The maximum absolute atomic E-state index is 11.4. The number of aromatic nitrogens is 2. The van der Waals surface area contributed by atoms with Crippen molar-refractivity contribution in [1.29, 1.82) is 0 Å². The lowest BCUT2D eigenvalue weighted by Gasteiger charge is -2.16. The van der Waals surface area contributed by atoms with Gasteiger partial charge in [-0.1, -0.05) is 23.7 Å². The lowest BCUT2D eigenvalue weighted by molar-refractivity contribution is 0.0696. The molecule has 32 heavy (non-hydrogen) atoms. The number of hydrogen-bond acceptors (Lipinski definition) is 4. The maximum Gasteiger partial charge on any atom is 0.335 e. The van der Waals surface area contributed by atoms with Crippen LogP contribution < -0.4 is 9.47 Å². The molecule has 0 saturated carbocycles. The summed E-state index contributed by atoms with van der Waals surface area (Å²) in [6, 6.07) is 20.0. The number of carboxylic acid groups (broad SMARTS) is 1. The molecule has 0 atom stereocenters. The summed E-state index contributed by atoms with van der Waals surface area (Å²) in [5, 5.41) is 9.94. The molecule has 4 aromatic rings. The topological polar surface area (TPSA) is 73.6 Å². The Bertz CT molecular complexity index is 1270. The average Bonchev–Trinajstić information content (AvgIpc) is 3.19. The minimum atomic E-state index is -1.01. The van der Waals surface area contributed by atoms with Crippen molar-refractivity contribution in [3.8, 4) is 28.6 Å². The van der Waals surface area contributed by atoms with E-state index in [2.05, 4.69) is 4.98 Å². The molecule has 0 aliphatic carbocycles. The Morgan fingerprint density at radius 2 is 1.84 bits per heavy atom. The van der Waals surface area contributed by atoms with Crippen LogP contribution in [0.15, 0.2) is 72.9 Å². The zero-order valence-corrected chi connectivity index (χ0v) is 18.3. The second kappa shape index (κ2) is 9.16. The van der Waals surface area contributed by atoms with Gasteiger partial charge in [0.1, 0.15) is 23.9 Å². The minimum Gasteiger partial charge on any atom is -0.497 e. The third-order valence-electron chi connectivity index (χ3n) is 5.07. The number of pyridine rings is 1. The van der Waals surface area contributed by atoms with Crippen molar-refractivity contribution in [2.75, 3.05) is 7.11 Å². The predicted octanol–water partition coefficient (Wildman–Crippen LogP) is 5.79. The molecule has 6 nitrogen and oxygen atoms in total. The lowest BCUT2D eigenvalue weighted by Crippen LogP contribution is -2.05. The number of benzene rings is 2. The second-order valence-electron chi connectivity index (χ2n) is 7.18. The van der Waals surface area contributed by atoms with Gasteiger partial charge in [-0.3, -0.25) is 4.57 Å². The van der Waals surface area contributed by atoms with Crippen LogP contribution in [0.4, 0.5) is 0 Å². The molecule has 0 amide bonds. The zero-order valence-electron chi connectivity index (χ0n) is 17.6. The molecule has 2 aromatic heterocycles. The molecule has 0 fully saturated rings. The molecule has 0 saturated heterocycles. The molecule has 7 heteroatoms. The highest BCUT2D eigenvalue weighted by molar-refractivity contribution is 6.31. The Kier molecular flexibility index (Phi) is 6.14. The van der Waals surface area contributed by atoms with Gasteiger partial charge in [0, 0.05) is 22.5 Å². The van der Waals surface area contributed by atoms with Crippen molar-refractivity contribution in [3.63, 3.8) is 0 Å². The lowest BCUT2D eigenvalue weighted by atomic mass is 10.1. The molecule has 0 bridgehead atoms. The third-order valence-corrected chi connectivity index (χ3v) is 5.30. The van der Waals surface area contributed by atoms with Crippen LogP contribution in [0.1, 0.15) is 21.6 Å². The van der Waals surface area contributed by atoms with Crippen LogP contribution in [0.25, 0.3) is 17.1 Å². The first-order valence-corrected chi connectivity index (χ1v) is 10.3. The number of carbonyl (C=O) groups is 1. The van der Waals surface area contributed by atoms with Crippen LogP contribution in [0.3, 0.4) is 0 Å². The number of rotatable bonds is 7. The number of aromatic carboxylic acids is 1. The van der Waals surface area contributed by atoms with Crippen LogP contribution in [0.2, 0.25) is 5.02 Å². The Hall–Kier alpha value is -3.77. The van der Waals surface area contributed by atoms with Gasteiger partial charge in [-0.2, -0.15) is 0 Å². The smallest absolute Gasteiger partial charge is 0.335 e. The highest BCUT2D eigenvalue weighted by Gasteiger charge is 2.17. The van der Waals surface area contributed by atoms with Crippen molar-refractivity contribution >= 4 is 17.6 Å². The van der Waals surface area contributed by atoms with E-state index < -0.39 is 5.97 Å². The van der Waals surface area contributed by atoms with Crippen LogP contribution in [0.5, 0.6) is 11.5 Å². The van der Waals surface area contributed by atoms with Crippen LogP contribution in [-0.4, -0.2) is 27.7 Å². The van der Waals surface area contributed by atoms with E-state index in [-0.39, 0.29) is 5.56 Å². The molecular formula is C25H21ClN2O4. The SMILES string of the molecule is COc1ccc(COc2ccc(Cl)cc2-c2ccc(C)n2-c2cc(C(=O)O)ccn2)cc1. The summed E-state index contributed by atoms with van der Waals surface area (Å²) in [5.41, 5.74) is 3.63. The third kappa shape index (κ3) is 4.45. The Morgan fingerprint density at radius 1 is 1.06 bits per heavy atom. The quantitative estimate of drug-likeness (QED) is 0.387. The normalized spacial score (nSPS) is 10.7. The number of carboxylic acids is 1. The second-order valence-corrected chi connectivity index (χ2v) is 7.62. The van der Waals surface area contributed by atoms with Gasteiger partial charge in [0.05, 0.1) is 18.4 Å². The molecule has 2 heterocycles. The van der Waals surface area contributed by atoms with E-state index in [1.54, 1.807) is 19.2 Å². The predicted molar refractivity (Wildman–Crippen MR) is 123 cm³/mol. The molecular weight excluding hydrogens is 428 g/mol. The summed E-state index contributed by atoms with van der Waals surface area (Å²) in [4.78, 5) is 15.8. The van der Waals surface area contributed by atoms with Gasteiger partial charge in [-0.05, 0) is 67.1 Å². The Morgan fingerprint density at radius 3 is 2.56 bits per heavy atom. The fourth-order valence-electron chi connectivity index (χ4n) is 3.44. The van der Waals surface area contributed by atoms with E-state index in [0.29, 0.717) is 23.2 Å². The van der Waals surface area contributed by atoms with Crippen molar-refractivity contribution in [1.82, 2.24) is 9.55 Å². The van der Waals surface area contributed by atoms with Crippen molar-refractivity contribution in [2.24, 2.45) is 0 Å². The molecule has 0 spiro atoms. The molecule has 4 rings (SSSR count). The standard InChI is InChI=1S/C25H21ClN2O4/c1-16-3-9-22(28(16)24-13-18(25(29)30)11-12-27-24)21-14-19(26)6-10-23(21)32-15-17-4-7-20(31-2)8-5-17/h3-14H,15H2,1-2H3,(H,29,30). The summed E-state index contributed by atoms with van der Waals surface area (Å²) in [5.74, 6) is 0.930. The van der Waals surface area contributed by atoms with Crippen LogP contribution in [0, 0.1) is 6.92 Å². The van der Waals surface area contributed by atoms with E-state index >= 15 is 0 Å². The van der Waals surface area contributed by atoms with Crippen LogP contribution >= 0.6 is 11.6 Å². The van der Waals surface area contributed by atoms with Gasteiger partial charge < -0.3 is 14.6 Å². The van der Waals surface area contributed by atoms with Gasteiger partial charge >= 0.3 is 5.97 Å². The number of halogens is 1. The molecule has 0 aliphatic rings. The monoisotopic (exact) mass is 448 g/mol. The average molecular weight is 449 g/mol. The largest absolute Gasteiger partial charge is 0.497 e. The summed E-state index contributed by atoms with van der Waals surface area (Å²) in [6.07, 6.45) is 1.49. The van der Waals surface area contributed by atoms with Gasteiger partial charge in [-0.25, -0.2) is 9.78 Å². The van der Waals surface area contributed by atoms with E-state index in [1.807, 2.05) is 60.0 Å². The van der Waals surface area contributed by atoms with E-state index in [1.165, 1.54) is 12.3 Å². The molecule has 0 aliphatic heterocycles. The van der Waals surface area contributed by atoms with Crippen molar-refractivity contribution in [2.45, 2.75) is 13.5 Å². The highest BCUT2D eigenvalue weighted by Crippen LogP contribution is 2.36. The number of ether oxygens (including phenoxy) is 2. The number of aryl methyl sites for hydroxylation is 1. The fourth-order valence-corrected chi connectivity index (χ4v) is 3.61. The maximum atomic E-state index is 11.4. The summed E-state index contributed by atoms with van der Waals surface area (Å²) in [6.45, 7) is 2.30. The summed E-state index contributed by atoms with van der Waals surface area (Å²) < 4.78 is 13.2. The van der Waals surface area contributed by atoms with Crippen LogP contribution in [-0.2, 0) is 6.61 Å². The summed E-state index contributed by atoms with van der Waals surface area (Å²) in [7, 11) is 1.63. The number of hydrogen-bond donors (Lipinski definition) is 1. The number of nitrogens with zero attached hydrogens (tertiary/aromatic N) is 2. The Balaban J connectivity index is 1.72. The number of methoxy groups -OCH3 is 1. The summed E-state index contributed by atoms with van der Waals surface area (Å²) >= 11 is 6.32. The highest BCUT2D eigenvalue weighted by atomic mass is 35.5. The molecule has 2 aromatic carbocycles. The minimum absolute atomic E-state index is 0.163. The van der Waals surface area contributed by atoms with Gasteiger partial charge in [-0.15, -0.1) is 0 Å². The van der Waals surface area contributed by atoms with Gasteiger partial charge in [0.25, 0.3) is 0 Å².